The third-order valence-corrected chi connectivity index (χ3v) is 5.31. The number of rotatable bonds is 8. The number of nitrogens with two attached hydrogens (primary N) is 1. The fourth-order valence-corrected chi connectivity index (χ4v) is 3.46. The minimum Gasteiger partial charge on any atom is -0.489 e. The molecule has 184 valence electrons. The van der Waals surface area contributed by atoms with Gasteiger partial charge in [0.15, 0.2) is 0 Å². The Kier molecular flexibility index (Phi) is 7.01. The minimum absolute atomic E-state index is 0.112. The second-order valence-corrected chi connectivity index (χ2v) is 7.89. The smallest absolute Gasteiger partial charge is 0.431 e. The molecule has 35 heavy (non-hydrogen) atoms. The molecule has 1 unspecified atom stereocenters. The third-order valence-electron chi connectivity index (χ3n) is 5.31. The van der Waals surface area contributed by atoms with E-state index in [1.807, 2.05) is 0 Å². The molecule has 3 heterocycles. The van der Waals surface area contributed by atoms with Crippen molar-refractivity contribution in [3.8, 4) is 22.9 Å². The normalized spacial score (nSPS) is 15.7. The number of amides is 1. The topological polar surface area (TPSA) is 129 Å². The number of benzene rings is 1. The molecule has 0 bridgehead atoms. The summed E-state index contributed by atoms with van der Waals surface area (Å²) in [5, 5.41) is 0. The molecule has 1 amide bonds. The molecule has 1 saturated heterocycles. The van der Waals surface area contributed by atoms with Crippen LogP contribution in [-0.4, -0.2) is 40.7 Å². The van der Waals surface area contributed by atoms with Gasteiger partial charge >= 0.3 is 12.2 Å². The van der Waals surface area contributed by atoms with Gasteiger partial charge < -0.3 is 24.9 Å². The molecular formula is C23H21F3N4O5. The lowest BCUT2D eigenvalue weighted by Gasteiger charge is -2.14. The summed E-state index contributed by atoms with van der Waals surface area (Å²) in [4.78, 5) is 33.2. The van der Waals surface area contributed by atoms with Gasteiger partial charge in [0, 0.05) is 36.0 Å². The Morgan fingerprint density at radius 1 is 1.17 bits per heavy atom. The summed E-state index contributed by atoms with van der Waals surface area (Å²) in [6, 6.07) is 6.77. The van der Waals surface area contributed by atoms with Gasteiger partial charge in [-0.05, 0) is 30.2 Å². The highest BCUT2D eigenvalue weighted by atomic mass is 19.4. The number of nitrogens with one attached hydrogen (secondary N) is 1. The Hall–Kier alpha value is -3.93. The molecule has 12 heteroatoms. The van der Waals surface area contributed by atoms with E-state index in [2.05, 4.69) is 9.97 Å². The fourth-order valence-electron chi connectivity index (χ4n) is 3.46. The van der Waals surface area contributed by atoms with Gasteiger partial charge in [0.1, 0.15) is 23.6 Å². The highest BCUT2D eigenvalue weighted by Crippen LogP contribution is 2.35. The Morgan fingerprint density at radius 3 is 2.49 bits per heavy atom. The average Bonchev–Trinajstić information content (AvgIpc) is 3.35. The van der Waals surface area contributed by atoms with Crippen molar-refractivity contribution in [2.24, 2.45) is 11.7 Å². The maximum atomic E-state index is 13.5. The molecule has 0 aliphatic carbocycles. The summed E-state index contributed by atoms with van der Waals surface area (Å²) < 4.78 is 56.9. The number of alkyl halides is 3. The van der Waals surface area contributed by atoms with Crippen LogP contribution in [0.4, 0.5) is 13.2 Å². The molecule has 1 aliphatic rings. The highest BCUT2D eigenvalue weighted by Gasteiger charge is 2.36. The van der Waals surface area contributed by atoms with Gasteiger partial charge in [-0.15, -0.1) is 0 Å². The molecule has 1 aromatic carbocycles. The number of primary amides is 1. The summed E-state index contributed by atoms with van der Waals surface area (Å²) in [7, 11) is 0. The summed E-state index contributed by atoms with van der Waals surface area (Å²) in [5.41, 5.74) is 2.45. The largest absolute Gasteiger partial charge is 0.489 e. The first-order chi connectivity index (χ1) is 16.7. The van der Waals surface area contributed by atoms with Crippen molar-refractivity contribution in [2.45, 2.75) is 19.2 Å². The Morgan fingerprint density at radius 2 is 1.89 bits per heavy atom. The molecule has 1 aliphatic heterocycles. The fraction of sp³-hybridized carbons (Fsp3) is 0.304. The van der Waals surface area contributed by atoms with Crippen LogP contribution in [0.25, 0.3) is 11.1 Å². The molecule has 2 aromatic heterocycles. The van der Waals surface area contributed by atoms with Crippen LogP contribution < -0.4 is 20.8 Å². The van der Waals surface area contributed by atoms with E-state index in [0.717, 1.165) is 19.1 Å². The summed E-state index contributed by atoms with van der Waals surface area (Å²) in [6.45, 7) is 1.99. The zero-order chi connectivity index (χ0) is 25.0. The first-order valence-corrected chi connectivity index (χ1v) is 10.6. The summed E-state index contributed by atoms with van der Waals surface area (Å²) in [5.74, 6) is -0.425. The van der Waals surface area contributed by atoms with Gasteiger partial charge in [-0.3, -0.25) is 9.59 Å². The number of pyridine rings is 1. The Bertz CT molecular complexity index is 1240. The molecule has 1 atom stereocenters. The number of carbonyl (C=O) groups is 1. The van der Waals surface area contributed by atoms with Crippen molar-refractivity contribution in [2.75, 3.05) is 19.8 Å². The van der Waals surface area contributed by atoms with Crippen LogP contribution >= 0.6 is 0 Å². The van der Waals surface area contributed by atoms with E-state index in [1.54, 1.807) is 17.4 Å². The van der Waals surface area contributed by atoms with Crippen LogP contribution in [0.1, 0.15) is 28.0 Å². The number of H-pyrrole nitrogens is 1. The average molecular weight is 490 g/mol. The molecule has 4 rings (SSSR count). The van der Waals surface area contributed by atoms with Crippen LogP contribution in [0.2, 0.25) is 0 Å². The number of ether oxygens (including phenoxy) is 3. The second kappa shape index (κ2) is 10.1. The molecule has 0 saturated carbocycles. The van der Waals surface area contributed by atoms with E-state index in [9.17, 15) is 22.8 Å². The van der Waals surface area contributed by atoms with Gasteiger partial charge in [0.25, 0.3) is 11.5 Å². The second-order valence-electron chi connectivity index (χ2n) is 7.89. The van der Waals surface area contributed by atoms with Crippen molar-refractivity contribution in [3.05, 3.63) is 69.9 Å². The lowest BCUT2D eigenvalue weighted by molar-refractivity contribution is -0.140. The van der Waals surface area contributed by atoms with Crippen molar-refractivity contribution >= 4 is 5.91 Å². The number of hydrogen-bond acceptors (Lipinski definition) is 7. The maximum Gasteiger partial charge on any atom is 0.431 e. The molecule has 9 nitrogen and oxygen atoms in total. The van der Waals surface area contributed by atoms with Crippen molar-refractivity contribution < 1.29 is 32.2 Å². The van der Waals surface area contributed by atoms with E-state index in [0.29, 0.717) is 30.4 Å². The van der Waals surface area contributed by atoms with Gasteiger partial charge in [-0.25, -0.2) is 9.97 Å². The van der Waals surface area contributed by atoms with Gasteiger partial charge in [-0.2, -0.15) is 13.2 Å². The Balaban J connectivity index is 1.42. The summed E-state index contributed by atoms with van der Waals surface area (Å²) >= 11 is 0. The molecule has 3 N–H and O–H groups in total. The zero-order valence-corrected chi connectivity index (χ0v) is 18.3. The van der Waals surface area contributed by atoms with E-state index in [1.165, 1.54) is 24.3 Å². The van der Waals surface area contributed by atoms with Gasteiger partial charge in [-0.1, -0.05) is 12.1 Å². The quantitative estimate of drug-likeness (QED) is 0.497. The third kappa shape index (κ3) is 5.96. The van der Waals surface area contributed by atoms with Crippen LogP contribution in [0.15, 0.2) is 47.5 Å². The minimum atomic E-state index is -4.85. The molecule has 3 aromatic rings. The van der Waals surface area contributed by atoms with E-state index < -0.39 is 28.9 Å². The van der Waals surface area contributed by atoms with Crippen LogP contribution in [0.3, 0.4) is 0 Å². The lowest BCUT2D eigenvalue weighted by atomic mass is 10.0. The predicted molar refractivity (Wildman–Crippen MR) is 117 cm³/mol. The molecule has 1 fully saturated rings. The lowest BCUT2D eigenvalue weighted by Crippen LogP contribution is -2.27. The zero-order valence-electron chi connectivity index (χ0n) is 18.3. The monoisotopic (exact) mass is 490 g/mol. The number of nitrogens with zero attached hydrogens (tertiary/aromatic N) is 2. The molecule has 0 spiro atoms. The van der Waals surface area contributed by atoms with Gasteiger partial charge in [0.2, 0.25) is 0 Å². The van der Waals surface area contributed by atoms with E-state index in [4.69, 9.17) is 19.9 Å². The molecular weight excluding hydrogens is 469 g/mol. The van der Waals surface area contributed by atoms with Crippen LogP contribution in [-0.2, 0) is 17.5 Å². The first-order valence-electron chi connectivity index (χ1n) is 10.6. The van der Waals surface area contributed by atoms with E-state index >= 15 is 0 Å². The van der Waals surface area contributed by atoms with Crippen molar-refractivity contribution in [3.63, 3.8) is 0 Å². The van der Waals surface area contributed by atoms with Gasteiger partial charge in [0.05, 0.1) is 13.2 Å². The van der Waals surface area contributed by atoms with Crippen molar-refractivity contribution in [1.82, 2.24) is 15.0 Å². The van der Waals surface area contributed by atoms with Crippen molar-refractivity contribution in [1.29, 1.82) is 0 Å². The highest BCUT2D eigenvalue weighted by molar-refractivity contribution is 5.94. The SMILES string of the molecule is NC(=O)c1cc(-c2ccc(OCc3cnc(OCC4CCOC4)nc3)cc2)c(C(F)(F)F)[nH]c1=O. The molecule has 0 radical (unpaired) electrons. The van der Waals surface area contributed by atoms with E-state index in [-0.39, 0.29) is 23.7 Å². The number of carbonyl (C=O) groups excluding carboxylic acids is 1. The number of aromatic nitrogens is 3. The summed E-state index contributed by atoms with van der Waals surface area (Å²) in [6.07, 6.45) is -0.788. The number of aromatic amines is 1. The standard InChI is InChI=1S/C23H21F3N4O5/c24-23(25,26)19-17(7-18(20(27)31)21(32)30-19)15-1-3-16(4-2-15)34-12-14-8-28-22(29-9-14)35-11-13-5-6-33-10-13/h1-4,7-9,13H,5-6,10-12H2,(H2,27,31)(H,30,32). The number of halogens is 3. The van der Waals surface area contributed by atoms with Crippen LogP contribution in [0, 0.1) is 5.92 Å². The Labute approximate surface area is 197 Å². The predicted octanol–water partition coefficient (Wildman–Crippen LogP) is 2.94. The first kappa shape index (κ1) is 24.2. The number of hydrogen-bond donors (Lipinski definition) is 2. The maximum absolute atomic E-state index is 13.5. The van der Waals surface area contributed by atoms with Crippen LogP contribution in [0.5, 0.6) is 11.8 Å².